The van der Waals surface area contributed by atoms with Crippen molar-refractivity contribution in [1.82, 2.24) is 19.6 Å². The van der Waals surface area contributed by atoms with Crippen LogP contribution in [0, 0.1) is 0 Å². The van der Waals surface area contributed by atoms with E-state index in [1.54, 1.807) is 0 Å². The van der Waals surface area contributed by atoms with Gasteiger partial charge >= 0.3 is 12.5 Å². The number of nitrogens with zero attached hydrogens (tertiary/aromatic N) is 4. The van der Waals surface area contributed by atoms with Crippen molar-refractivity contribution in [2.75, 3.05) is 5.73 Å². The molecule has 3 rings (SSSR count). The number of ether oxygens (including phenoxy) is 1. The first-order valence-corrected chi connectivity index (χ1v) is 6.48. The van der Waals surface area contributed by atoms with Gasteiger partial charge in [0, 0.05) is 5.56 Å². The molecule has 3 aromatic rings. The molecule has 2 aromatic heterocycles. The van der Waals surface area contributed by atoms with Crippen molar-refractivity contribution in [1.29, 1.82) is 0 Å². The molecule has 0 spiro atoms. The second kappa shape index (κ2) is 5.50. The maximum atomic E-state index is 12.8. The molecule has 0 fully saturated rings. The summed E-state index contributed by atoms with van der Waals surface area (Å²) < 4.78 is 81.2. The summed E-state index contributed by atoms with van der Waals surface area (Å²) in [7, 11) is 0. The molecule has 1 aromatic carbocycles. The van der Waals surface area contributed by atoms with Gasteiger partial charge < -0.3 is 10.5 Å². The lowest BCUT2D eigenvalue weighted by atomic mass is 10.1. The van der Waals surface area contributed by atoms with Gasteiger partial charge in [-0.25, -0.2) is 4.98 Å². The summed E-state index contributed by atoms with van der Waals surface area (Å²) in [5.74, 6) is -1.16. The van der Waals surface area contributed by atoms with E-state index in [0.717, 1.165) is 6.07 Å². The first-order valence-electron chi connectivity index (χ1n) is 6.48. The zero-order chi connectivity index (χ0) is 18.4. The number of imidazole rings is 1. The van der Waals surface area contributed by atoms with E-state index in [9.17, 15) is 26.3 Å². The zero-order valence-electron chi connectivity index (χ0n) is 11.9. The minimum Gasteiger partial charge on any atom is -0.405 e. The second-order valence-electron chi connectivity index (χ2n) is 4.81. The molecule has 0 radical (unpaired) electrons. The molecule has 12 heteroatoms. The first kappa shape index (κ1) is 16.8. The smallest absolute Gasteiger partial charge is 0.405 e. The molecule has 0 aliphatic rings. The summed E-state index contributed by atoms with van der Waals surface area (Å²) in [5.41, 5.74) is 3.90. The van der Waals surface area contributed by atoms with Crippen molar-refractivity contribution in [2.45, 2.75) is 12.5 Å². The Morgan fingerprint density at radius 2 is 1.76 bits per heavy atom. The fourth-order valence-corrected chi connectivity index (χ4v) is 2.15. The molecule has 2 N–H and O–H groups in total. The highest BCUT2D eigenvalue weighted by atomic mass is 19.4. The largest absolute Gasteiger partial charge is 0.573 e. The Bertz CT molecular complexity index is 933. The lowest BCUT2D eigenvalue weighted by molar-refractivity contribution is -0.274. The maximum absolute atomic E-state index is 12.8. The molecular weight excluding hydrogens is 356 g/mol. The molecule has 25 heavy (non-hydrogen) atoms. The van der Waals surface area contributed by atoms with Crippen LogP contribution in [0.25, 0.3) is 16.8 Å². The predicted molar refractivity (Wildman–Crippen MR) is 72.3 cm³/mol. The van der Waals surface area contributed by atoms with E-state index in [1.807, 2.05) is 0 Å². The fourth-order valence-electron chi connectivity index (χ4n) is 2.15. The second-order valence-corrected chi connectivity index (χ2v) is 4.81. The molecule has 0 saturated carbocycles. The van der Waals surface area contributed by atoms with Gasteiger partial charge in [0.25, 0.3) is 0 Å². The molecule has 0 amide bonds. The number of halogens is 6. The van der Waals surface area contributed by atoms with Crippen molar-refractivity contribution in [2.24, 2.45) is 0 Å². The SMILES string of the molecule is Nc1nnc(-c2ccc(C(F)(F)F)cc2OC(F)(F)F)c2cncn12. The fraction of sp³-hybridized carbons (Fsp3) is 0.154. The zero-order valence-corrected chi connectivity index (χ0v) is 11.9. The Morgan fingerprint density at radius 1 is 1.04 bits per heavy atom. The van der Waals surface area contributed by atoms with Gasteiger partial charge in [-0.2, -0.15) is 13.2 Å². The van der Waals surface area contributed by atoms with Crippen LogP contribution in [0.2, 0.25) is 0 Å². The lowest BCUT2D eigenvalue weighted by Crippen LogP contribution is -2.18. The van der Waals surface area contributed by atoms with Gasteiger partial charge in [-0.05, 0) is 18.2 Å². The third kappa shape index (κ3) is 3.27. The van der Waals surface area contributed by atoms with Gasteiger partial charge in [0.1, 0.15) is 17.8 Å². The topological polar surface area (TPSA) is 78.3 Å². The summed E-state index contributed by atoms with van der Waals surface area (Å²) in [6, 6.07) is 1.67. The number of nitrogens with two attached hydrogens (primary N) is 1. The number of fused-ring (bicyclic) bond motifs is 1. The van der Waals surface area contributed by atoms with E-state index in [0.29, 0.717) is 6.07 Å². The van der Waals surface area contributed by atoms with Gasteiger partial charge in [-0.3, -0.25) is 4.40 Å². The molecular formula is C13H7F6N5O. The van der Waals surface area contributed by atoms with Crippen molar-refractivity contribution in [3.05, 3.63) is 36.3 Å². The Morgan fingerprint density at radius 3 is 2.40 bits per heavy atom. The van der Waals surface area contributed by atoms with Gasteiger partial charge in [0.15, 0.2) is 0 Å². The highest BCUT2D eigenvalue weighted by molar-refractivity contribution is 5.80. The van der Waals surface area contributed by atoms with E-state index < -0.39 is 23.9 Å². The molecule has 0 aliphatic carbocycles. The summed E-state index contributed by atoms with van der Waals surface area (Å²) in [6.45, 7) is 0. The summed E-state index contributed by atoms with van der Waals surface area (Å²) >= 11 is 0. The minimum absolute atomic E-state index is 0.0959. The number of alkyl halides is 6. The van der Waals surface area contributed by atoms with Crippen molar-refractivity contribution in [3.8, 4) is 17.0 Å². The third-order valence-corrected chi connectivity index (χ3v) is 3.17. The molecule has 0 bridgehead atoms. The predicted octanol–water partition coefficient (Wildman–Crippen LogP) is 3.29. The highest BCUT2D eigenvalue weighted by Crippen LogP contribution is 2.39. The molecule has 6 nitrogen and oxygen atoms in total. The van der Waals surface area contributed by atoms with Crippen LogP contribution in [0.15, 0.2) is 30.7 Å². The van der Waals surface area contributed by atoms with Crippen molar-refractivity contribution in [3.63, 3.8) is 0 Å². The minimum atomic E-state index is -5.20. The van der Waals surface area contributed by atoms with Crippen molar-refractivity contribution >= 4 is 11.5 Å². The summed E-state index contributed by atoms with van der Waals surface area (Å²) in [5, 5.41) is 7.22. The first-order chi connectivity index (χ1) is 11.6. The van der Waals surface area contributed by atoms with E-state index in [4.69, 9.17) is 5.73 Å². The van der Waals surface area contributed by atoms with Crippen LogP contribution in [-0.2, 0) is 6.18 Å². The van der Waals surface area contributed by atoms with E-state index in [-0.39, 0.29) is 28.8 Å². The Kier molecular flexibility index (Phi) is 3.69. The van der Waals surface area contributed by atoms with Gasteiger partial charge in [-0.1, -0.05) is 0 Å². The Labute approximate surface area is 134 Å². The van der Waals surface area contributed by atoms with E-state index >= 15 is 0 Å². The lowest BCUT2D eigenvalue weighted by Gasteiger charge is -2.16. The van der Waals surface area contributed by atoms with Crippen LogP contribution in [0.5, 0.6) is 5.75 Å². The highest BCUT2D eigenvalue weighted by Gasteiger charge is 2.36. The number of anilines is 1. The molecule has 2 heterocycles. The van der Waals surface area contributed by atoms with Crippen LogP contribution in [0.4, 0.5) is 32.3 Å². The molecule has 0 unspecified atom stereocenters. The number of hydrogen-bond donors (Lipinski definition) is 1. The number of benzene rings is 1. The normalized spacial score (nSPS) is 12.6. The average Bonchev–Trinajstić information content (AvgIpc) is 2.96. The Balaban J connectivity index is 2.24. The van der Waals surface area contributed by atoms with Crippen LogP contribution in [0.3, 0.4) is 0 Å². The molecule has 132 valence electrons. The van der Waals surface area contributed by atoms with Crippen LogP contribution in [0.1, 0.15) is 5.56 Å². The number of hydrogen-bond acceptors (Lipinski definition) is 5. The average molecular weight is 363 g/mol. The van der Waals surface area contributed by atoms with Crippen LogP contribution >= 0.6 is 0 Å². The monoisotopic (exact) mass is 363 g/mol. The molecule has 0 atom stereocenters. The van der Waals surface area contributed by atoms with Gasteiger partial charge in [0.05, 0.1) is 17.3 Å². The maximum Gasteiger partial charge on any atom is 0.573 e. The summed E-state index contributed by atoms with van der Waals surface area (Å²) in [6.07, 6.45) is -7.58. The van der Waals surface area contributed by atoms with Crippen molar-refractivity contribution < 1.29 is 31.1 Å². The molecule has 0 saturated heterocycles. The number of nitrogen functional groups attached to an aromatic ring is 1. The van der Waals surface area contributed by atoms with Gasteiger partial charge in [0.2, 0.25) is 5.95 Å². The van der Waals surface area contributed by atoms with E-state index in [1.165, 1.54) is 16.9 Å². The standard InChI is InChI=1S/C13H7F6N5O/c14-12(15,16)6-1-2-7(9(3-6)25-13(17,18)19)10-8-4-21-5-24(8)11(20)23-22-10/h1-5H,(H2,20,23). The van der Waals surface area contributed by atoms with Crippen LogP contribution in [-0.4, -0.2) is 25.9 Å². The number of rotatable bonds is 2. The van der Waals surface area contributed by atoms with Gasteiger partial charge in [-0.15, -0.1) is 23.4 Å². The van der Waals surface area contributed by atoms with E-state index in [2.05, 4.69) is 19.9 Å². The number of aromatic nitrogens is 4. The Hall–Kier alpha value is -3.05. The summed E-state index contributed by atoms with van der Waals surface area (Å²) in [4.78, 5) is 3.77. The van der Waals surface area contributed by atoms with Crippen LogP contribution < -0.4 is 10.5 Å². The molecule has 0 aliphatic heterocycles. The third-order valence-electron chi connectivity index (χ3n) is 3.17. The quantitative estimate of drug-likeness (QED) is 0.707.